The Labute approximate surface area is 97.7 Å². The number of rotatable bonds is 3. The third kappa shape index (κ3) is 1.87. The van der Waals surface area contributed by atoms with Crippen LogP contribution in [0.2, 0.25) is 0 Å². The molecule has 1 aromatic carbocycles. The van der Waals surface area contributed by atoms with Gasteiger partial charge in [0.25, 0.3) is 5.69 Å². The van der Waals surface area contributed by atoms with Gasteiger partial charge in [0.15, 0.2) is 0 Å². The van der Waals surface area contributed by atoms with Gasteiger partial charge in [-0.05, 0) is 19.9 Å². The number of aryl methyl sites for hydroxylation is 1. The molecule has 0 saturated heterocycles. The van der Waals surface area contributed by atoms with Crippen LogP contribution in [0.5, 0.6) is 0 Å². The Balaban J connectivity index is 2.68. The number of hydrogen-bond donors (Lipinski definition) is 1. The third-order valence-electron chi connectivity index (χ3n) is 2.66. The predicted octanol–water partition coefficient (Wildman–Crippen LogP) is 2.02. The summed E-state index contributed by atoms with van der Waals surface area (Å²) in [6.07, 6.45) is -0.693. The van der Waals surface area contributed by atoms with E-state index >= 15 is 0 Å². The van der Waals surface area contributed by atoms with E-state index < -0.39 is 11.0 Å². The second kappa shape index (κ2) is 4.14. The van der Waals surface area contributed by atoms with E-state index in [9.17, 15) is 15.2 Å². The molecule has 90 valence electrons. The average Bonchev–Trinajstić information content (AvgIpc) is 2.66. The van der Waals surface area contributed by atoms with Crippen LogP contribution in [0.1, 0.15) is 25.8 Å². The maximum absolute atomic E-state index is 10.7. The summed E-state index contributed by atoms with van der Waals surface area (Å²) < 4.78 is 1.85. The van der Waals surface area contributed by atoms with Crippen LogP contribution in [0.25, 0.3) is 11.0 Å². The molecule has 0 unspecified atom stereocenters. The molecule has 1 aromatic heterocycles. The molecule has 0 bridgehead atoms. The number of nitro groups is 1. The fraction of sp³-hybridized carbons (Fsp3) is 0.364. The molecule has 1 atom stereocenters. The maximum atomic E-state index is 10.7. The lowest BCUT2D eigenvalue weighted by molar-refractivity contribution is -0.384. The lowest BCUT2D eigenvalue weighted by Gasteiger charge is -2.07. The van der Waals surface area contributed by atoms with E-state index in [1.165, 1.54) is 12.1 Å². The van der Waals surface area contributed by atoms with Gasteiger partial charge in [-0.15, -0.1) is 0 Å². The lowest BCUT2D eigenvalue weighted by Crippen LogP contribution is -2.04. The fourth-order valence-corrected chi connectivity index (χ4v) is 1.90. The van der Waals surface area contributed by atoms with Gasteiger partial charge in [-0.2, -0.15) is 0 Å². The van der Waals surface area contributed by atoms with Crippen LogP contribution in [0.15, 0.2) is 18.2 Å². The van der Waals surface area contributed by atoms with E-state index in [1.807, 2.05) is 11.5 Å². The van der Waals surface area contributed by atoms with Gasteiger partial charge in [0, 0.05) is 18.7 Å². The van der Waals surface area contributed by atoms with E-state index in [4.69, 9.17) is 0 Å². The van der Waals surface area contributed by atoms with Crippen LogP contribution in [0, 0.1) is 10.1 Å². The SMILES string of the molecule is CCn1c([C@@H](C)O)nc2cc([N+](=O)[O-])ccc21. The minimum absolute atomic E-state index is 0.00963. The Morgan fingerprint density at radius 3 is 2.82 bits per heavy atom. The zero-order valence-corrected chi connectivity index (χ0v) is 9.62. The first-order valence-corrected chi connectivity index (χ1v) is 5.37. The summed E-state index contributed by atoms with van der Waals surface area (Å²) in [7, 11) is 0. The maximum Gasteiger partial charge on any atom is 0.271 e. The van der Waals surface area contributed by atoms with Gasteiger partial charge in [0.05, 0.1) is 16.0 Å². The van der Waals surface area contributed by atoms with Gasteiger partial charge in [-0.3, -0.25) is 10.1 Å². The van der Waals surface area contributed by atoms with Crippen molar-refractivity contribution in [3.63, 3.8) is 0 Å². The molecule has 6 heteroatoms. The zero-order valence-electron chi connectivity index (χ0n) is 9.62. The largest absolute Gasteiger partial charge is 0.385 e. The summed E-state index contributed by atoms with van der Waals surface area (Å²) in [6, 6.07) is 4.53. The number of benzene rings is 1. The number of aliphatic hydroxyl groups is 1. The van der Waals surface area contributed by atoms with E-state index in [1.54, 1.807) is 13.0 Å². The minimum atomic E-state index is -0.693. The average molecular weight is 235 g/mol. The number of hydrogen-bond acceptors (Lipinski definition) is 4. The Morgan fingerprint density at radius 1 is 1.59 bits per heavy atom. The van der Waals surface area contributed by atoms with E-state index in [2.05, 4.69) is 4.98 Å². The number of non-ortho nitro benzene ring substituents is 1. The molecule has 2 aromatic rings. The standard InChI is InChI=1S/C11H13N3O3/c1-3-13-10-5-4-8(14(16)17)6-9(10)12-11(13)7(2)15/h4-7,15H,3H2,1-2H3/t7-/m1/s1. The molecule has 0 radical (unpaired) electrons. The van der Waals surface area contributed by atoms with Gasteiger partial charge in [-0.1, -0.05) is 0 Å². The summed E-state index contributed by atoms with van der Waals surface area (Å²) in [5, 5.41) is 20.3. The van der Waals surface area contributed by atoms with Crippen molar-refractivity contribution in [1.29, 1.82) is 0 Å². The highest BCUT2D eigenvalue weighted by Gasteiger charge is 2.16. The summed E-state index contributed by atoms with van der Waals surface area (Å²) in [6.45, 7) is 4.23. The topological polar surface area (TPSA) is 81.2 Å². The number of imidazole rings is 1. The second-order valence-electron chi connectivity index (χ2n) is 3.82. The van der Waals surface area contributed by atoms with Crippen molar-refractivity contribution in [3.8, 4) is 0 Å². The molecule has 0 saturated carbocycles. The van der Waals surface area contributed by atoms with Crippen LogP contribution in [0.4, 0.5) is 5.69 Å². The molecule has 0 aliphatic heterocycles. The van der Waals surface area contributed by atoms with Crippen LogP contribution >= 0.6 is 0 Å². The molecule has 0 spiro atoms. The molecule has 2 rings (SSSR count). The van der Waals surface area contributed by atoms with Gasteiger partial charge < -0.3 is 9.67 Å². The van der Waals surface area contributed by atoms with Gasteiger partial charge in [0.2, 0.25) is 0 Å². The molecular weight excluding hydrogens is 222 g/mol. The van der Waals surface area contributed by atoms with Crippen molar-refractivity contribution in [3.05, 3.63) is 34.1 Å². The third-order valence-corrected chi connectivity index (χ3v) is 2.66. The highest BCUT2D eigenvalue weighted by atomic mass is 16.6. The summed E-state index contributed by atoms with van der Waals surface area (Å²) in [4.78, 5) is 14.4. The van der Waals surface area contributed by atoms with Gasteiger partial charge in [-0.25, -0.2) is 4.98 Å². The Kier molecular flexibility index (Phi) is 2.81. The number of fused-ring (bicyclic) bond motifs is 1. The molecule has 0 fully saturated rings. The monoisotopic (exact) mass is 235 g/mol. The summed E-state index contributed by atoms with van der Waals surface area (Å²) in [5.41, 5.74) is 1.35. The first-order chi connectivity index (χ1) is 8.04. The number of aliphatic hydroxyl groups excluding tert-OH is 1. The predicted molar refractivity (Wildman–Crippen MR) is 62.7 cm³/mol. The van der Waals surface area contributed by atoms with Crippen LogP contribution < -0.4 is 0 Å². The van der Waals surface area contributed by atoms with Crippen molar-refractivity contribution in [2.24, 2.45) is 0 Å². The normalized spacial score (nSPS) is 12.9. The first kappa shape index (κ1) is 11.5. The number of aromatic nitrogens is 2. The molecule has 0 amide bonds. The highest BCUT2D eigenvalue weighted by molar-refractivity contribution is 5.78. The van der Waals surface area contributed by atoms with E-state index in [0.717, 1.165) is 5.52 Å². The summed E-state index contributed by atoms with van der Waals surface area (Å²) in [5.74, 6) is 0.531. The molecule has 17 heavy (non-hydrogen) atoms. The molecule has 0 aliphatic carbocycles. The molecule has 1 heterocycles. The zero-order chi connectivity index (χ0) is 12.6. The van der Waals surface area contributed by atoms with Crippen molar-refractivity contribution in [2.75, 3.05) is 0 Å². The highest BCUT2D eigenvalue weighted by Crippen LogP contribution is 2.24. The molecule has 6 nitrogen and oxygen atoms in total. The molecule has 1 N–H and O–H groups in total. The Hall–Kier alpha value is -1.95. The number of nitrogens with zero attached hydrogens (tertiary/aromatic N) is 3. The molecular formula is C11H13N3O3. The van der Waals surface area contributed by atoms with Crippen LogP contribution in [0.3, 0.4) is 0 Å². The van der Waals surface area contributed by atoms with Crippen molar-refractivity contribution in [1.82, 2.24) is 9.55 Å². The van der Waals surface area contributed by atoms with Crippen LogP contribution in [-0.2, 0) is 6.54 Å². The minimum Gasteiger partial charge on any atom is -0.385 e. The van der Waals surface area contributed by atoms with Crippen molar-refractivity contribution >= 4 is 16.7 Å². The Morgan fingerprint density at radius 2 is 2.29 bits per heavy atom. The lowest BCUT2D eigenvalue weighted by atomic mass is 10.3. The smallest absolute Gasteiger partial charge is 0.271 e. The van der Waals surface area contributed by atoms with E-state index in [-0.39, 0.29) is 5.69 Å². The quantitative estimate of drug-likeness (QED) is 0.651. The van der Waals surface area contributed by atoms with Crippen molar-refractivity contribution in [2.45, 2.75) is 26.5 Å². The van der Waals surface area contributed by atoms with E-state index in [0.29, 0.717) is 17.9 Å². The Bertz CT molecular complexity index is 575. The number of nitro benzene ring substituents is 1. The van der Waals surface area contributed by atoms with Crippen LogP contribution in [-0.4, -0.2) is 19.6 Å². The first-order valence-electron chi connectivity index (χ1n) is 5.37. The second-order valence-corrected chi connectivity index (χ2v) is 3.82. The van der Waals surface area contributed by atoms with Crippen molar-refractivity contribution < 1.29 is 10.0 Å². The van der Waals surface area contributed by atoms with Gasteiger partial charge in [0.1, 0.15) is 11.9 Å². The summed E-state index contributed by atoms with van der Waals surface area (Å²) >= 11 is 0. The fourth-order valence-electron chi connectivity index (χ4n) is 1.90. The van der Waals surface area contributed by atoms with Gasteiger partial charge >= 0.3 is 0 Å². The molecule has 0 aliphatic rings.